The van der Waals surface area contributed by atoms with Crippen molar-refractivity contribution in [1.29, 1.82) is 0 Å². The molecule has 0 saturated carbocycles. The number of furan rings is 1. The smallest absolute Gasteiger partial charge is 0.371 e. The van der Waals surface area contributed by atoms with Gasteiger partial charge in [0.15, 0.2) is 0 Å². The highest BCUT2D eigenvalue weighted by atomic mass is 16.4. The molecule has 3 rings (SSSR count). The van der Waals surface area contributed by atoms with Crippen LogP contribution in [0.3, 0.4) is 0 Å². The van der Waals surface area contributed by atoms with Crippen LogP contribution in [0.25, 0.3) is 0 Å². The summed E-state index contributed by atoms with van der Waals surface area (Å²) >= 11 is 0. The Balaban J connectivity index is 1.82. The normalized spacial score (nSPS) is 18.3. The number of carbonyl (C=O) groups is 1. The van der Waals surface area contributed by atoms with Crippen LogP contribution in [0.1, 0.15) is 41.0 Å². The van der Waals surface area contributed by atoms with Gasteiger partial charge in [0, 0.05) is 0 Å². The lowest BCUT2D eigenvalue weighted by Gasteiger charge is -2.17. The van der Waals surface area contributed by atoms with E-state index >= 15 is 0 Å². The van der Waals surface area contributed by atoms with E-state index in [-0.39, 0.29) is 5.76 Å². The van der Waals surface area contributed by atoms with Crippen LogP contribution in [0.5, 0.6) is 0 Å². The maximum Gasteiger partial charge on any atom is 0.371 e. The molecule has 0 spiro atoms. The molecule has 2 aromatic heterocycles. The van der Waals surface area contributed by atoms with E-state index in [9.17, 15) is 4.79 Å². The van der Waals surface area contributed by atoms with Crippen LogP contribution in [-0.2, 0) is 19.4 Å². The molecule has 0 saturated heterocycles. The second-order valence-corrected chi connectivity index (χ2v) is 5.06. The first kappa shape index (κ1) is 12.0. The molecule has 0 bridgehead atoms. The van der Waals surface area contributed by atoms with E-state index in [4.69, 9.17) is 9.52 Å². The number of hydrogen-bond acceptors (Lipinski definition) is 4. The molecular formula is C13H15N3O3. The van der Waals surface area contributed by atoms with Crippen molar-refractivity contribution in [3.05, 3.63) is 35.0 Å². The second kappa shape index (κ2) is 4.53. The highest BCUT2D eigenvalue weighted by molar-refractivity contribution is 5.84. The quantitative estimate of drug-likeness (QED) is 0.910. The van der Waals surface area contributed by atoms with Gasteiger partial charge in [0.2, 0.25) is 5.76 Å². The van der Waals surface area contributed by atoms with Gasteiger partial charge in [-0.05, 0) is 37.3 Å². The lowest BCUT2D eigenvalue weighted by molar-refractivity contribution is 0.0660. The van der Waals surface area contributed by atoms with Gasteiger partial charge in [0.25, 0.3) is 0 Å². The first-order valence-corrected chi connectivity index (χ1v) is 6.36. The van der Waals surface area contributed by atoms with Crippen LogP contribution in [-0.4, -0.2) is 26.1 Å². The summed E-state index contributed by atoms with van der Waals surface area (Å²) in [5.41, 5.74) is 2.20. The van der Waals surface area contributed by atoms with Gasteiger partial charge in [0.1, 0.15) is 12.3 Å². The topological polar surface area (TPSA) is 81.2 Å². The molecule has 1 atom stereocenters. The van der Waals surface area contributed by atoms with Gasteiger partial charge < -0.3 is 9.52 Å². The fourth-order valence-corrected chi connectivity index (χ4v) is 2.47. The number of aromatic carboxylic acids is 1. The number of aromatic nitrogens is 3. The van der Waals surface area contributed by atoms with Gasteiger partial charge in [-0.25, -0.2) is 9.48 Å². The first-order valence-electron chi connectivity index (χ1n) is 6.36. The highest BCUT2D eigenvalue weighted by Gasteiger charge is 2.21. The minimum absolute atomic E-state index is 0.0439. The average molecular weight is 261 g/mol. The number of nitrogens with zero attached hydrogens (tertiary/aromatic N) is 3. The molecule has 1 unspecified atom stereocenters. The molecule has 1 aliphatic rings. The summed E-state index contributed by atoms with van der Waals surface area (Å²) in [6, 6.07) is 3.13. The van der Waals surface area contributed by atoms with Gasteiger partial charge in [-0.1, -0.05) is 12.1 Å². The third kappa shape index (κ3) is 2.25. The fraction of sp³-hybridized carbons (Fsp3) is 0.462. The number of carboxylic acids is 1. The maximum absolute atomic E-state index is 10.8. The lowest BCUT2D eigenvalue weighted by atomic mass is 9.91. The SMILES string of the molecule is CC1CCc2c(nnn2Cc2ccc(C(=O)O)o2)C1. The van der Waals surface area contributed by atoms with Gasteiger partial charge in [-0.2, -0.15) is 0 Å². The Morgan fingerprint density at radius 3 is 3.16 bits per heavy atom. The van der Waals surface area contributed by atoms with Crippen molar-refractivity contribution in [2.24, 2.45) is 5.92 Å². The summed E-state index contributed by atoms with van der Waals surface area (Å²) < 4.78 is 7.05. The molecule has 1 aliphatic carbocycles. The molecule has 2 aromatic rings. The third-order valence-electron chi connectivity index (χ3n) is 3.51. The Hall–Kier alpha value is -2.11. The lowest BCUT2D eigenvalue weighted by Crippen LogP contribution is -2.14. The molecule has 6 heteroatoms. The van der Waals surface area contributed by atoms with Crippen LogP contribution in [0.15, 0.2) is 16.5 Å². The monoisotopic (exact) mass is 261 g/mol. The predicted molar refractivity (Wildman–Crippen MR) is 66.0 cm³/mol. The van der Waals surface area contributed by atoms with E-state index in [1.807, 2.05) is 4.68 Å². The van der Waals surface area contributed by atoms with Gasteiger partial charge in [-0.3, -0.25) is 0 Å². The van der Waals surface area contributed by atoms with E-state index in [1.54, 1.807) is 6.07 Å². The van der Waals surface area contributed by atoms with Crippen LogP contribution in [0.2, 0.25) is 0 Å². The molecule has 19 heavy (non-hydrogen) atoms. The van der Waals surface area contributed by atoms with E-state index in [1.165, 1.54) is 6.07 Å². The molecule has 1 N–H and O–H groups in total. The molecular weight excluding hydrogens is 246 g/mol. The summed E-state index contributed by atoms with van der Waals surface area (Å²) in [6.07, 6.45) is 3.07. The third-order valence-corrected chi connectivity index (χ3v) is 3.51. The molecule has 6 nitrogen and oxygen atoms in total. The van der Waals surface area contributed by atoms with Gasteiger partial charge in [0.05, 0.1) is 11.4 Å². The highest BCUT2D eigenvalue weighted by Crippen LogP contribution is 2.24. The van der Waals surface area contributed by atoms with Crippen molar-refractivity contribution >= 4 is 5.97 Å². The largest absolute Gasteiger partial charge is 0.475 e. The molecule has 0 fully saturated rings. The van der Waals surface area contributed by atoms with Crippen LogP contribution < -0.4 is 0 Å². The molecule has 2 heterocycles. The summed E-state index contributed by atoms with van der Waals surface area (Å²) in [6.45, 7) is 2.65. The minimum Gasteiger partial charge on any atom is -0.475 e. The summed E-state index contributed by atoms with van der Waals surface area (Å²) in [5.74, 6) is 0.141. The van der Waals surface area contributed by atoms with Crippen LogP contribution >= 0.6 is 0 Å². The van der Waals surface area contributed by atoms with Crippen molar-refractivity contribution in [2.75, 3.05) is 0 Å². The molecule has 0 amide bonds. The fourth-order valence-electron chi connectivity index (χ4n) is 2.47. The van der Waals surface area contributed by atoms with Crippen LogP contribution in [0.4, 0.5) is 0 Å². The maximum atomic E-state index is 10.8. The first-order chi connectivity index (χ1) is 9.13. The molecule has 0 aliphatic heterocycles. The Labute approximate surface area is 110 Å². The summed E-state index contributed by atoms with van der Waals surface area (Å²) in [7, 11) is 0. The zero-order chi connectivity index (χ0) is 13.4. The molecule has 100 valence electrons. The van der Waals surface area contributed by atoms with E-state index in [2.05, 4.69) is 17.2 Å². The number of carboxylic acid groups (broad SMARTS) is 1. The van der Waals surface area contributed by atoms with Crippen molar-refractivity contribution < 1.29 is 14.3 Å². The zero-order valence-electron chi connectivity index (χ0n) is 10.7. The Morgan fingerprint density at radius 1 is 1.58 bits per heavy atom. The molecule has 0 radical (unpaired) electrons. The van der Waals surface area contributed by atoms with Gasteiger partial charge >= 0.3 is 5.97 Å². The number of fused-ring (bicyclic) bond motifs is 1. The van der Waals surface area contributed by atoms with Crippen molar-refractivity contribution in [3.63, 3.8) is 0 Å². The predicted octanol–water partition coefficient (Wildman–Crippen LogP) is 1.74. The summed E-state index contributed by atoms with van der Waals surface area (Å²) in [4.78, 5) is 10.8. The Kier molecular flexibility index (Phi) is 2.85. The van der Waals surface area contributed by atoms with Crippen LogP contribution in [0, 0.1) is 5.92 Å². The zero-order valence-corrected chi connectivity index (χ0v) is 10.7. The Bertz CT molecular complexity index is 614. The number of hydrogen-bond donors (Lipinski definition) is 1. The van der Waals surface area contributed by atoms with Crippen molar-refractivity contribution in [2.45, 2.75) is 32.7 Å². The standard InChI is InChI=1S/C13H15N3O3/c1-8-2-4-11-10(6-8)14-15-16(11)7-9-3-5-12(19-9)13(17)18/h3,5,8H,2,4,6-7H2,1H3,(H,17,18). The Morgan fingerprint density at radius 2 is 2.42 bits per heavy atom. The second-order valence-electron chi connectivity index (χ2n) is 5.06. The van der Waals surface area contributed by atoms with E-state index in [0.29, 0.717) is 18.2 Å². The minimum atomic E-state index is -1.05. The van der Waals surface area contributed by atoms with Crippen molar-refractivity contribution in [3.8, 4) is 0 Å². The van der Waals surface area contributed by atoms with E-state index in [0.717, 1.165) is 30.7 Å². The van der Waals surface area contributed by atoms with Gasteiger partial charge in [-0.15, -0.1) is 5.10 Å². The number of rotatable bonds is 3. The van der Waals surface area contributed by atoms with Crippen molar-refractivity contribution in [1.82, 2.24) is 15.0 Å². The van der Waals surface area contributed by atoms with E-state index < -0.39 is 5.97 Å². The summed E-state index contributed by atoms with van der Waals surface area (Å²) in [5, 5.41) is 17.2. The average Bonchev–Trinajstić information content (AvgIpc) is 2.97. The molecule has 0 aromatic carbocycles.